The maximum atomic E-state index is 13.6. The molecule has 1 aliphatic rings. The third kappa shape index (κ3) is 6.22. The minimum absolute atomic E-state index is 0.123. The molecule has 1 aliphatic heterocycles. The average molecular weight is 519 g/mol. The van der Waals surface area contributed by atoms with Crippen LogP contribution in [0.2, 0.25) is 0 Å². The molecule has 0 atom stereocenters. The van der Waals surface area contributed by atoms with Crippen LogP contribution in [0, 0.1) is 11.3 Å². The number of nitrogens with one attached hydrogen (secondary N) is 1. The molecule has 39 heavy (non-hydrogen) atoms. The van der Waals surface area contributed by atoms with Gasteiger partial charge in [-0.2, -0.15) is 5.26 Å². The first-order valence-electron chi connectivity index (χ1n) is 13.1. The van der Waals surface area contributed by atoms with Gasteiger partial charge in [-0.05, 0) is 35.8 Å². The molecule has 0 unspecified atom stereocenters. The van der Waals surface area contributed by atoms with Crippen molar-refractivity contribution in [1.29, 1.82) is 5.26 Å². The van der Waals surface area contributed by atoms with E-state index in [0.717, 1.165) is 25.2 Å². The Morgan fingerprint density at radius 2 is 1.59 bits per heavy atom. The molecular formula is C31H30N6O2. The monoisotopic (exact) mass is 518 g/mol. The molecule has 196 valence electrons. The third-order valence-electron chi connectivity index (χ3n) is 6.87. The first-order chi connectivity index (χ1) is 19.1. The number of amides is 1. The summed E-state index contributed by atoms with van der Waals surface area (Å²) in [4.78, 5) is 35.7. The lowest BCUT2D eigenvalue weighted by molar-refractivity contribution is -0.117. The van der Waals surface area contributed by atoms with Crippen LogP contribution in [0.1, 0.15) is 16.7 Å². The van der Waals surface area contributed by atoms with Crippen LogP contribution in [-0.4, -0.2) is 52.9 Å². The molecule has 1 saturated heterocycles. The number of carbonyl (C=O) groups excluding carboxylic acids is 1. The Morgan fingerprint density at radius 1 is 0.923 bits per heavy atom. The first-order valence-corrected chi connectivity index (χ1v) is 13.1. The van der Waals surface area contributed by atoms with Crippen molar-refractivity contribution >= 4 is 23.4 Å². The number of aromatic nitrogens is 2. The van der Waals surface area contributed by atoms with Gasteiger partial charge in [0.05, 0.1) is 5.56 Å². The van der Waals surface area contributed by atoms with Crippen molar-refractivity contribution in [3.63, 3.8) is 0 Å². The highest BCUT2D eigenvalue weighted by molar-refractivity contribution is 6.02. The number of benzene rings is 2. The Morgan fingerprint density at radius 3 is 2.28 bits per heavy atom. The predicted octanol–water partition coefficient (Wildman–Crippen LogP) is 3.28. The predicted molar refractivity (Wildman–Crippen MR) is 152 cm³/mol. The smallest absolute Gasteiger partial charge is 0.267 e. The van der Waals surface area contributed by atoms with Crippen molar-refractivity contribution in [2.75, 3.05) is 37.6 Å². The van der Waals surface area contributed by atoms with E-state index in [1.807, 2.05) is 60.7 Å². The standard InChI is InChI=1S/C31H30N6O2/c32-22-26(30(38)33-15-14-24-9-3-1-4-10-24)21-27-29(34-28-13-7-8-16-37(28)31(27)39)36-19-17-35(18-20-36)23-25-11-5-2-6-12-25/h1-13,16,21H,14-15,17-20,23H2,(H,33,38)/b26-21+. The van der Waals surface area contributed by atoms with E-state index in [0.29, 0.717) is 37.5 Å². The van der Waals surface area contributed by atoms with Crippen molar-refractivity contribution in [3.8, 4) is 6.07 Å². The van der Waals surface area contributed by atoms with Gasteiger partial charge in [0.15, 0.2) is 0 Å². The molecule has 0 spiro atoms. The van der Waals surface area contributed by atoms with Gasteiger partial charge in [0, 0.05) is 45.5 Å². The van der Waals surface area contributed by atoms with Gasteiger partial charge in [0.2, 0.25) is 0 Å². The first kappa shape index (κ1) is 25.9. The zero-order valence-corrected chi connectivity index (χ0v) is 21.7. The fraction of sp³-hybridized carbons (Fsp3) is 0.226. The summed E-state index contributed by atoms with van der Waals surface area (Å²) in [6, 6.07) is 27.5. The van der Waals surface area contributed by atoms with Crippen LogP contribution in [0.5, 0.6) is 0 Å². The van der Waals surface area contributed by atoms with Gasteiger partial charge in [-0.15, -0.1) is 0 Å². The van der Waals surface area contributed by atoms with E-state index in [1.54, 1.807) is 18.3 Å². The topological polar surface area (TPSA) is 93.7 Å². The highest BCUT2D eigenvalue weighted by Gasteiger charge is 2.23. The van der Waals surface area contributed by atoms with Gasteiger partial charge in [-0.3, -0.25) is 18.9 Å². The van der Waals surface area contributed by atoms with E-state index in [9.17, 15) is 14.9 Å². The molecule has 5 rings (SSSR count). The summed E-state index contributed by atoms with van der Waals surface area (Å²) < 4.78 is 1.45. The van der Waals surface area contributed by atoms with Crippen LogP contribution >= 0.6 is 0 Å². The Bertz CT molecular complexity index is 1570. The van der Waals surface area contributed by atoms with E-state index >= 15 is 0 Å². The molecule has 0 radical (unpaired) electrons. The van der Waals surface area contributed by atoms with Crippen LogP contribution in [-0.2, 0) is 17.8 Å². The van der Waals surface area contributed by atoms with E-state index in [1.165, 1.54) is 16.0 Å². The second kappa shape index (κ2) is 12.2. The summed E-state index contributed by atoms with van der Waals surface area (Å²) in [6.45, 7) is 4.20. The minimum atomic E-state index is -0.510. The van der Waals surface area contributed by atoms with Crippen LogP contribution in [0.4, 0.5) is 5.82 Å². The average Bonchev–Trinajstić information content (AvgIpc) is 2.98. The summed E-state index contributed by atoms with van der Waals surface area (Å²) in [5.41, 5.74) is 2.67. The lowest BCUT2D eigenvalue weighted by Crippen LogP contribution is -2.47. The SMILES string of the molecule is N#C/C(=C\c1c(N2CCN(Cc3ccccc3)CC2)nc2ccccn2c1=O)C(=O)NCCc1ccccc1. The summed E-state index contributed by atoms with van der Waals surface area (Å²) in [6.07, 6.45) is 3.68. The maximum absolute atomic E-state index is 13.6. The van der Waals surface area contributed by atoms with E-state index < -0.39 is 5.91 Å². The maximum Gasteiger partial charge on any atom is 0.267 e. The zero-order chi connectivity index (χ0) is 27.0. The number of nitrogens with zero attached hydrogens (tertiary/aromatic N) is 5. The Hall–Kier alpha value is -4.74. The number of pyridine rings is 1. The molecule has 1 amide bonds. The number of carbonyl (C=O) groups is 1. The molecular weight excluding hydrogens is 488 g/mol. The van der Waals surface area contributed by atoms with Crippen molar-refractivity contribution in [3.05, 3.63) is 118 Å². The second-order valence-corrected chi connectivity index (χ2v) is 9.49. The summed E-state index contributed by atoms with van der Waals surface area (Å²) in [5.74, 6) is -0.0139. The molecule has 0 aliphatic carbocycles. The molecule has 8 heteroatoms. The Labute approximate surface area is 227 Å². The quantitative estimate of drug-likeness (QED) is 0.284. The largest absolute Gasteiger partial charge is 0.353 e. The molecule has 3 heterocycles. The number of fused-ring (bicyclic) bond motifs is 1. The normalized spacial score (nSPS) is 14.2. The van der Waals surface area contributed by atoms with Crippen molar-refractivity contribution in [2.45, 2.75) is 13.0 Å². The molecule has 4 aromatic rings. The highest BCUT2D eigenvalue weighted by Crippen LogP contribution is 2.21. The van der Waals surface area contributed by atoms with Gasteiger partial charge < -0.3 is 10.2 Å². The van der Waals surface area contributed by atoms with Crippen LogP contribution in [0.25, 0.3) is 11.7 Å². The zero-order valence-electron chi connectivity index (χ0n) is 21.7. The number of nitriles is 1. The van der Waals surface area contributed by atoms with E-state index in [-0.39, 0.29) is 16.7 Å². The summed E-state index contributed by atoms with van der Waals surface area (Å²) >= 11 is 0. The molecule has 0 saturated carbocycles. The third-order valence-corrected chi connectivity index (χ3v) is 6.87. The molecule has 2 aromatic heterocycles. The van der Waals surface area contributed by atoms with Gasteiger partial charge in [0.25, 0.3) is 11.5 Å². The van der Waals surface area contributed by atoms with E-state index in [2.05, 4.69) is 27.2 Å². The summed E-state index contributed by atoms with van der Waals surface area (Å²) in [5, 5.41) is 12.6. The number of hydrogen-bond acceptors (Lipinski definition) is 6. The van der Waals surface area contributed by atoms with E-state index in [4.69, 9.17) is 4.98 Å². The Balaban J connectivity index is 1.38. The van der Waals surface area contributed by atoms with Crippen LogP contribution in [0.3, 0.4) is 0 Å². The molecule has 8 nitrogen and oxygen atoms in total. The fourth-order valence-electron chi connectivity index (χ4n) is 4.77. The molecule has 1 N–H and O–H groups in total. The molecule has 1 fully saturated rings. The minimum Gasteiger partial charge on any atom is -0.353 e. The number of anilines is 1. The summed E-state index contributed by atoms with van der Waals surface area (Å²) in [7, 11) is 0. The van der Waals surface area contributed by atoms with Gasteiger partial charge >= 0.3 is 0 Å². The molecule has 2 aromatic carbocycles. The number of hydrogen-bond donors (Lipinski definition) is 1. The number of rotatable bonds is 8. The van der Waals surface area contributed by atoms with Crippen LogP contribution < -0.4 is 15.8 Å². The lowest BCUT2D eigenvalue weighted by Gasteiger charge is -2.36. The van der Waals surface area contributed by atoms with Crippen molar-refractivity contribution in [1.82, 2.24) is 19.6 Å². The Kier molecular flexibility index (Phi) is 8.10. The van der Waals surface area contributed by atoms with Gasteiger partial charge in [0.1, 0.15) is 23.1 Å². The second-order valence-electron chi connectivity index (χ2n) is 9.49. The van der Waals surface area contributed by atoms with Crippen LogP contribution in [0.15, 0.2) is 95.4 Å². The fourth-order valence-corrected chi connectivity index (χ4v) is 4.77. The van der Waals surface area contributed by atoms with Crippen molar-refractivity contribution in [2.24, 2.45) is 0 Å². The van der Waals surface area contributed by atoms with Gasteiger partial charge in [-0.1, -0.05) is 66.7 Å². The van der Waals surface area contributed by atoms with Gasteiger partial charge in [-0.25, -0.2) is 4.98 Å². The highest BCUT2D eigenvalue weighted by atomic mass is 16.1. The number of piperazine rings is 1. The lowest BCUT2D eigenvalue weighted by atomic mass is 10.1. The van der Waals surface area contributed by atoms with Crippen molar-refractivity contribution < 1.29 is 4.79 Å². The molecule has 0 bridgehead atoms.